The summed E-state index contributed by atoms with van der Waals surface area (Å²) in [7, 11) is 0. The van der Waals surface area contributed by atoms with Gasteiger partial charge >= 0.3 is 0 Å². The number of carbonyl (C=O) groups is 1. The molecule has 0 unspecified atom stereocenters. The SMILES string of the molecule is Cc1cccc(C)c1NC(=O)[C@@H](C)n1c(C)c2cnn(-c3ccccc3)c(=O)c2c1C. The van der Waals surface area contributed by atoms with Gasteiger partial charge in [0, 0.05) is 22.5 Å². The summed E-state index contributed by atoms with van der Waals surface area (Å²) in [4.78, 5) is 26.4. The van der Waals surface area contributed by atoms with Gasteiger partial charge in [0.05, 0.1) is 17.3 Å². The molecule has 4 rings (SSSR count). The van der Waals surface area contributed by atoms with Crippen LogP contribution >= 0.6 is 0 Å². The van der Waals surface area contributed by atoms with Crippen molar-refractivity contribution in [2.24, 2.45) is 0 Å². The summed E-state index contributed by atoms with van der Waals surface area (Å²) in [6.07, 6.45) is 1.71. The molecule has 31 heavy (non-hydrogen) atoms. The van der Waals surface area contributed by atoms with Crippen molar-refractivity contribution in [1.82, 2.24) is 14.3 Å². The Labute approximate surface area is 181 Å². The standard InChI is InChI=1S/C25H26N4O2/c1-15-10-9-11-16(2)23(15)27-24(30)19(5)28-17(3)21-14-26-29(20-12-7-6-8-13-20)25(31)22(21)18(28)4/h6-14,19H,1-5H3,(H,27,30)/t19-/m1/s1. The van der Waals surface area contributed by atoms with E-state index in [0.29, 0.717) is 11.1 Å². The van der Waals surface area contributed by atoms with E-state index in [1.807, 2.05) is 87.7 Å². The minimum atomic E-state index is -0.490. The summed E-state index contributed by atoms with van der Waals surface area (Å²) in [6.45, 7) is 9.61. The molecule has 6 nitrogen and oxygen atoms in total. The van der Waals surface area contributed by atoms with Gasteiger partial charge in [-0.2, -0.15) is 9.78 Å². The van der Waals surface area contributed by atoms with Crippen molar-refractivity contribution < 1.29 is 4.79 Å². The molecule has 4 aromatic rings. The van der Waals surface area contributed by atoms with E-state index in [0.717, 1.165) is 33.6 Å². The Hall–Kier alpha value is -3.67. The first kappa shape index (κ1) is 20.6. The highest BCUT2D eigenvalue weighted by Crippen LogP contribution is 2.28. The van der Waals surface area contributed by atoms with Crippen molar-refractivity contribution in [2.45, 2.75) is 40.7 Å². The molecule has 1 amide bonds. The van der Waals surface area contributed by atoms with Crippen molar-refractivity contribution in [3.63, 3.8) is 0 Å². The lowest BCUT2D eigenvalue weighted by Crippen LogP contribution is -2.26. The third-order valence-corrected chi connectivity index (χ3v) is 5.95. The lowest BCUT2D eigenvalue weighted by molar-refractivity contribution is -0.118. The molecule has 0 saturated heterocycles. The maximum Gasteiger partial charge on any atom is 0.281 e. The Kier molecular flexibility index (Phi) is 5.23. The molecule has 0 aliphatic heterocycles. The lowest BCUT2D eigenvalue weighted by atomic mass is 10.1. The number of aryl methyl sites for hydroxylation is 4. The maximum absolute atomic E-state index is 13.3. The summed E-state index contributed by atoms with van der Waals surface area (Å²) in [6, 6.07) is 14.8. The van der Waals surface area contributed by atoms with Crippen LogP contribution in [0.2, 0.25) is 0 Å². The van der Waals surface area contributed by atoms with E-state index >= 15 is 0 Å². The maximum atomic E-state index is 13.3. The molecular formula is C25H26N4O2. The van der Waals surface area contributed by atoms with Crippen LogP contribution in [0.25, 0.3) is 16.5 Å². The molecule has 2 aromatic heterocycles. The van der Waals surface area contributed by atoms with Gasteiger partial charge in [0.15, 0.2) is 0 Å². The molecule has 0 aliphatic rings. The first-order chi connectivity index (χ1) is 14.8. The molecule has 0 spiro atoms. The highest BCUT2D eigenvalue weighted by molar-refractivity contribution is 5.96. The molecule has 2 heterocycles. The molecule has 0 aliphatic carbocycles. The number of hydrogen-bond acceptors (Lipinski definition) is 3. The third-order valence-electron chi connectivity index (χ3n) is 5.95. The van der Waals surface area contributed by atoms with E-state index in [4.69, 9.17) is 0 Å². The van der Waals surface area contributed by atoms with Crippen LogP contribution in [0.3, 0.4) is 0 Å². The zero-order valence-corrected chi connectivity index (χ0v) is 18.4. The number of nitrogens with zero attached hydrogens (tertiary/aromatic N) is 3. The minimum Gasteiger partial charge on any atom is -0.336 e. The van der Waals surface area contributed by atoms with E-state index in [1.54, 1.807) is 6.20 Å². The number of benzene rings is 2. The molecule has 2 aromatic carbocycles. The van der Waals surface area contributed by atoms with Crippen LogP contribution in [0.1, 0.15) is 35.5 Å². The smallest absolute Gasteiger partial charge is 0.281 e. The number of hydrogen-bond donors (Lipinski definition) is 1. The van der Waals surface area contributed by atoms with Crippen LogP contribution < -0.4 is 10.9 Å². The van der Waals surface area contributed by atoms with Gasteiger partial charge < -0.3 is 9.88 Å². The molecule has 0 fully saturated rings. The fourth-order valence-corrected chi connectivity index (χ4v) is 4.27. The van der Waals surface area contributed by atoms with E-state index in [2.05, 4.69) is 10.4 Å². The molecule has 6 heteroatoms. The number of nitrogens with one attached hydrogen (secondary N) is 1. The highest BCUT2D eigenvalue weighted by Gasteiger charge is 2.24. The molecule has 158 valence electrons. The zero-order valence-electron chi connectivity index (χ0n) is 18.4. The van der Waals surface area contributed by atoms with Crippen LogP contribution in [-0.4, -0.2) is 20.3 Å². The monoisotopic (exact) mass is 414 g/mol. The fraction of sp³-hybridized carbons (Fsp3) is 0.240. The molecule has 1 atom stereocenters. The summed E-state index contributed by atoms with van der Waals surface area (Å²) in [5.41, 5.74) is 4.99. The number of para-hydroxylation sites is 2. The van der Waals surface area contributed by atoms with Crippen LogP contribution in [-0.2, 0) is 4.79 Å². The molecular weight excluding hydrogens is 388 g/mol. The molecule has 1 N–H and O–H groups in total. The first-order valence-electron chi connectivity index (χ1n) is 10.3. The number of carbonyl (C=O) groups excluding carboxylic acids is 1. The molecule has 0 saturated carbocycles. The van der Waals surface area contributed by atoms with Gasteiger partial charge in [-0.15, -0.1) is 0 Å². The van der Waals surface area contributed by atoms with Crippen molar-refractivity contribution in [3.8, 4) is 5.69 Å². The van der Waals surface area contributed by atoms with Gasteiger partial charge in [-0.05, 0) is 57.9 Å². The number of rotatable bonds is 4. The number of anilines is 1. The van der Waals surface area contributed by atoms with E-state index in [9.17, 15) is 9.59 Å². The van der Waals surface area contributed by atoms with Crippen LogP contribution in [0, 0.1) is 27.7 Å². The van der Waals surface area contributed by atoms with Gasteiger partial charge in [0.1, 0.15) is 6.04 Å². The summed E-state index contributed by atoms with van der Waals surface area (Å²) < 4.78 is 3.33. The average Bonchev–Trinajstić information content (AvgIpc) is 3.01. The number of fused-ring (bicyclic) bond motifs is 1. The highest BCUT2D eigenvalue weighted by atomic mass is 16.2. The predicted molar refractivity (Wildman–Crippen MR) is 124 cm³/mol. The van der Waals surface area contributed by atoms with Crippen LogP contribution in [0.5, 0.6) is 0 Å². The first-order valence-corrected chi connectivity index (χ1v) is 10.3. The minimum absolute atomic E-state index is 0.125. The lowest BCUT2D eigenvalue weighted by Gasteiger charge is -2.19. The normalized spacial score (nSPS) is 12.2. The second kappa shape index (κ2) is 7.87. The van der Waals surface area contributed by atoms with Crippen molar-refractivity contribution in [3.05, 3.63) is 87.6 Å². The van der Waals surface area contributed by atoms with Crippen LogP contribution in [0.4, 0.5) is 5.69 Å². The Balaban J connectivity index is 1.78. The van der Waals surface area contributed by atoms with Gasteiger partial charge in [0.25, 0.3) is 5.56 Å². The summed E-state index contributed by atoms with van der Waals surface area (Å²) in [5.74, 6) is -0.125. The topological polar surface area (TPSA) is 68.9 Å². The average molecular weight is 415 g/mol. The number of amides is 1. The Morgan fingerprint density at radius 3 is 2.23 bits per heavy atom. The number of aromatic nitrogens is 3. The van der Waals surface area contributed by atoms with Gasteiger partial charge in [0.2, 0.25) is 5.91 Å². The van der Waals surface area contributed by atoms with E-state index in [-0.39, 0.29) is 11.5 Å². The second-order valence-electron chi connectivity index (χ2n) is 7.96. The summed E-state index contributed by atoms with van der Waals surface area (Å²) in [5, 5.41) is 8.80. The predicted octanol–water partition coefficient (Wildman–Crippen LogP) is 4.62. The van der Waals surface area contributed by atoms with Gasteiger partial charge in [-0.1, -0.05) is 36.4 Å². The van der Waals surface area contributed by atoms with E-state index in [1.165, 1.54) is 4.68 Å². The third kappa shape index (κ3) is 3.44. The second-order valence-corrected chi connectivity index (χ2v) is 7.96. The van der Waals surface area contributed by atoms with Gasteiger partial charge in [-0.3, -0.25) is 9.59 Å². The van der Waals surface area contributed by atoms with Crippen molar-refractivity contribution in [1.29, 1.82) is 0 Å². The molecule has 0 radical (unpaired) electrons. The summed E-state index contributed by atoms with van der Waals surface area (Å²) >= 11 is 0. The van der Waals surface area contributed by atoms with Crippen LogP contribution in [0.15, 0.2) is 59.5 Å². The zero-order chi connectivity index (χ0) is 22.3. The van der Waals surface area contributed by atoms with Crippen molar-refractivity contribution in [2.75, 3.05) is 5.32 Å². The van der Waals surface area contributed by atoms with E-state index < -0.39 is 6.04 Å². The largest absolute Gasteiger partial charge is 0.336 e. The quantitative estimate of drug-likeness (QED) is 0.530. The Morgan fingerprint density at radius 2 is 1.58 bits per heavy atom. The Morgan fingerprint density at radius 1 is 0.935 bits per heavy atom. The van der Waals surface area contributed by atoms with Crippen molar-refractivity contribution >= 4 is 22.4 Å². The van der Waals surface area contributed by atoms with Gasteiger partial charge in [-0.25, -0.2) is 0 Å². The Bertz CT molecular complexity index is 1330. The fourth-order valence-electron chi connectivity index (χ4n) is 4.27. The molecule has 0 bridgehead atoms.